The van der Waals surface area contributed by atoms with Crippen LogP contribution in [0, 0.1) is 6.92 Å². The van der Waals surface area contributed by atoms with Gasteiger partial charge in [0.1, 0.15) is 17.9 Å². The van der Waals surface area contributed by atoms with Crippen molar-refractivity contribution in [3.05, 3.63) is 91.1 Å². The number of hydrogen-bond acceptors (Lipinski definition) is 6. The van der Waals surface area contributed by atoms with Crippen LogP contribution in [0.25, 0.3) is 5.82 Å². The van der Waals surface area contributed by atoms with E-state index >= 15 is 0 Å². The van der Waals surface area contributed by atoms with E-state index in [1.807, 2.05) is 6.92 Å². The molecule has 174 valence electrons. The average molecular weight is 478 g/mol. The number of amides is 1. The number of rotatable bonds is 8. The highest BCUT2D eigenvalue weighted by atomic mass is 32.2. The molecule has 0 aliphatic rings. The summed E-state index contributed by atoms with van der Waals surface area (Å²) in [5, 5.41) is 2.72. The van der Waals surface area contributed by atoms with E-state index < -0.39 is 10.0 Å². The molecule has 1 N–H and O–H groups in total. The van der Waals surface area contributed by atoms with E-state index in [-0.39, 0.29) is 17.4 Å². The molecule has 1 amide bonds. The molecule has 9 nitrogen and oxygen atoms in total. The van der Waals surface area contributed by atoms with Gasteiger partial charge in [-0.1, -0.05) is 17.7 Å². The summed E-state index contributed by atoms with van der Waals surface area (Å²) in [6.07, 6.45) is 6.61. The molecule has 4 aromatic rings. The second-order valence-corrected chi connectivity index (χ2v) is 9.46. The number of hydrogen-bond donors (Lipinski definition) is 1. The van der Waals surface area contributed by atoms with Gasteiger partial charge in [-0.2, -0.15) is 0 Å². The highest BCUT2D eigenvalue weighted by Gasteiger charge is 2.21. The summed E-state index contributed by atoms with van der Waals surface area (Å²) in [5.74, 6) is 0.773. The molecule has 4 rings (SSSR count). The van der Waals surface area contributed by atoms with Crippen molar-refractivity contribution in [1.82, 2.24) is 14.5 Å². The minimum Gasteiger partial charge on any atom is -0.484 e. The Balaban J connectivity index is 1.32. The molecular formula is C24H23N5O4S. The van der Waals surface area contributed by atoms with Gasteiger partial charge in [-0.15, -0.1) is 0 Å². The molecule has 0 atom stereocenters. The first-order chi connectivity index (χ1) is 16.3. The van der Waals surface area contributed by atoms with Crippen molar-refractivity contribution in [2.24, 2.45) is 0 Å². The van der Waals surface area contributed by atoms with Crippen molar-refractivity contribution >= 4 is 27.3 Å². The summed E-state index contributed by atoms with van der Waals surface area (Å²) in [7, 11) is -2.19. The summed E-state index contributed by atoms with van der Waals surface area (Å²) in [4.78, 5) is 20.7. The summed E-state index contributed by atoms with van der Waals surface area (Å²) in [6.45, 7) is 1.69. The average Bonchev–Trinajstić information content (AvgIpc) is 3.38. The number of sulfonamides is 1. The van der Waals surface area contributed by atoms with Crippen molar-refractivity contribution in [2.45, 2.75) is 11.8 Å². The van der Waals surface area contributed by atoms with Crippen molar-refractivity contribution in [3.8, 4) is 11.6 Å². The fourth-order valence-corrected chi connectivity index (χ4v) is 4.31. The number of anilines is 2. The Morgan fingerprint density at radius 1 is 1.06 bits per heavy atom. The normalized spacial score (nSPS) is 11.1. The lowest BCUT2D eigenvalue weighted by Crippen LogP contribution is -2.26. The third kappa shape index (κ3) is 5.24. The lowest BCUT2D eigenvalue weighted by atomic mass is 10.2. The van der Waals surface area contributed by atoms with Gasteiger partial charge in [-0.25, -0.2) is 18.4 Å². The fraction of sp³-hybridized carbons (Fsp3) is 0.125. The zero-order chi connectivity index (χ0) is 24.1. The molecule has 0 fully saturated rings. The predicted octanol–water partition coefficient (Wildman–Crippen LogP) is 3.42. The first-order valence-corrected chi connectivity index (χ1v) is 11.8. The molecule has 0 radical (unpaired) electrons. The van der Waals surface area contributed by atoms with Gasteiger partial charge in [0.15, 0.2) is 6.61 Å². The first-order valence-electron chi connectivity index (χ1n) is 10.4. The van der Waals surface area contributed by atoms with E-state index in [2.05, 4.69) is 15.3 Å². The van der Waals surface area contributed by atoms with E-state index in [0.29, 0.717) is 22.9 Å². The smallest absolute Gasteiger partial charge is 0.264 e. The largest absolute Gasteiger partial charge is 0.484 e. The van der Waals surface area contributed by atoms with Gasteiger partial charge in [-0.3, -0.25) is 13.7 Å². The van der Waals surface area contributed by atoms with Crippen molar-refractivity contribution in [1.29, 1.82) is 0 Å². The molecule has 0 saturated heterocycles. The molecule has 2 heterocycles. The summed E-state index contributed by atoms with van der Waals surface area (Å²) in [6, 6.07) is 16.7. The highest BCUT2D eigenvalue weighted by molar-refractivity contribution is 7.92. The number of aromatic nitrogens is 3. The maximum absolute atomic E-state index is 12.8. The fourth-order valence-electron chi connectivity index (χ4n) is 3.11. The van der Waals surface area contributed by atoms with Gasteiger partial charge in [0, 0.05) is 19.4 Å². The van der Waals surface area contributed by atoms with Gasteiger partial charge in [0.25, 0.3) is 15.9 Å². The molecule has 0 spiro atoms. The molecule has 10 heteroatoms. The maximum Gasteiger partial charge on any atom is 0.264 e. The van der Waals surface area contributed by atoms with E-state index in [1.165, 1.54) is 11.4 Å². The lowest BCUT2D eigenvalue weighted by Gasteiger charge is -2.20. The number of ether oxygens (including phenoxy) is 1. The van der Waals surface area contributed by atoms with Crippen molar-refractivity contribution in [3.63, 3.8) is 0 Å². The van der Waals surface area contributed by atoms with Gasteiger partial charge < -0.3 is 10.1 Å². The topological polar surface area (TPSA) is 106 Å². The molecule has 0 saturated carbocycles. The number of benzene rings is 2. The minimum absolute atomic E-state index is 0.208. The number of pyridine rings is 1. The van der Waals surface area contributed by atoms with Gasteiger partial charge >= 0.3 is 0 Å². The molecule has 2 aromatic carbocycles. The van der Waals surface area contributed by atoms with Gasteiger partial charge in [0.2, 0.25) is 0 Å². The number of aryl methyl sites for hydroxylation is 1. The molecule has 0 unspecified atom stereocenters. The standard InChI is InChI=1S/C24H23N5O4S/c1-18-3-10-22(11-4-18)34(31,32)28(2)20-6-8-21(9-7-20)33-16-24(30)27-19-5-12-23(26-15-19)29-14-13-25-17-29/h3-15,17H,16H2,1-2H3,(H,27,30). The van der Waals surface area contributed by atoms with Crippen molar-refractivity contribution < 1.29 is 17.9 Å². The van der Waals surface area contributed by atoms with Crippen molar-refractivity contribution in [2.75, 3.05) is 23.3 Å². The minimum atomic E-state index is -3.68. The van der Waals surface area contributed by atoms with Crippen LogP contribution in [0.4, 0.5) is 11.4 Å². The number of imidazole rings is 1. The Hall–Kier alpha value is -4.18. The molecule has 0 aliphatic carbocycles. The van der Waals surface area contributed by atoms with Crippen LogP contribution in [0.3, 0.4) is 0 Å². The SMILES string of the molecule is Cc1ccc(S(=O)(=O)N(C)c2ccc(OCC(=O)Nc3ccc(-n4ccnc4)nc3)cc2)cc1. The van der Waals surface area contributed by atoms with Crippen LogP contribution < -0.4 is 14.4 Å². The third-order valence-electron chi connectivity index (χ3n) is 5.05. The van der Waals surface area contributed by atoms with Crippen LogP contribution in [0.5, 0.6) is 5.75 Å². The highest BCUT2D eigenvalue weighted by Crippen LogP contribution is 2.24. The number of nitrogens with zero attached hydrogens (tertiary/aromatic N) is 4. The summed E-state index contributed by atoms with van der Waals surface area (Å²) >= 11 is 0. The van der Waals surface area contributed by atoms with E-state index in [0.717, 1.165) is 5.56 Å². The van der Waals surface area contributed by atoms with Gasteiger partial charge in [0.05, 0.1) is 22.5 Å². The monoisotopic (exact) mass is 477 g/mol. The maximum atomic E-state index is 12.8. The van der Waals surface area contributed by atoms with E-state index in [4.69, 9.17) is 4.74 Å². The Morgan fingerprint density at radius 3 is 2.41 bits per heavy atom. The molecule has 0 aliphatic heterocycles. The first kappa shape index (κ1) is 23.0. The quantitative estimate of drug-likeness (QED) is 0.417. The molecule has 34 heavy (non-hydrogen) atoms. The Morgan fingerprint density at radius 2 is 1.79 bits per heavy atom. The Labute approximate surface area is 197 Å². The van der Waals surface area contributed by atoms with Crippen LogP contribution in [-0.4, -0.2) is 42.5 Å². The molecular weight excluding hydrogens is 454 g/mol. The number of nitrogens with one attached hydrogen (secondary N) is 1. The Bertz CT molecular complexity index is 1350. The number of carbonyl (C=O) groups is 1. The van der Waals surface area contributed by atoms with Crippen LogP contribution in [0.2, 0.25) is 0 Å². The zero-order valence-electron chi connectivity index (χ0n) is 18.6. The van der Waals surface area contributed by atoms with Crippen LogP contribution in [0.1, 0.15) is 5.56 Å². The molecule has 2 aromatic heterocycles. The van der Waals surface area contributed by atoms with E-state index in [1.54, 1.807) is 90.1 Å². The van der Waals surface area contributed by atoms with Crippen LogP contribution in [0.15, 0.2) is 90.5 Å². The van der Waals surface area contributed by atoms with Crippen LogP contribution >= 0.6 is 0 Å². The lowest BCUT2D eigenvalue weighted by molar-refractivity contribution is -0.118. The third-order valence-corrected chi connectivity index (χ3v) is 6.85. The Kier molecular flexibility index (Phi) is 6.60. The van der Waals surface area contributed by atoms with E-state index in [9.17, 15) is 13.2 Å². The second kappa shape index (κ2) is 9.75. The van der Waals surface area contributed by atoms with Gasteiger partial charge in [-0.05, 0) is 55.5 Å². The molecule has 0 bridgehead atoms. The van der Waals surface area contributed by atoms with Crippen LogP contribution in [-0.2, 0) is 14.8 Å². The predicted molar refractivity (Wildman–Crippen MR) is 129 cm³/mol. The zero-order valence-corrected chi connectivity index (χ0v) is 19.4. The second-order valence-electron chi connectivity index (χ2n) is 7.49. The summed E-state index contributed by atoms with van der Waals surface area (Å²) in [5.41, 5.74) is 1.99. The number of carbonyl (C=O) groups excluding carboxylic acids is 1. The summed E-state index contributed by atoms with van der Waals surface area (Å²) < 4.78 is 34.2.